The van der Waals surface area contributed by atoms with Crippen LogP contribution in [-0.2, 0) is 15.6 Å². The quantitative estimate of drug-likeness (QED) is 0.600. The van der Waals surface area contributed by atoms with Crippen LogP contribution >= 0.6 is 0 Å². The van der Waals surface area contributed by atoms with Crippen molar-refractivity contribution in [2.24, 2.45) is 5.92 Å². The Bertz CT molecular complexity index is 443. The molecular formula is C15H20O2Si. The standard InChI is InChI=1S/C15H20O2Si/c1-18(2,3)17-12-15-14(9-10-16-15)11-13-7-5-4-6-8-13/h4-10,12,14H,11H2,1-3H3. The van der Waals surface area contributed by atoms with E-state index in [0.717, 1.165) is 12.2 Å². The average Bonchev–Trinajstić information content (AvgIpc) is 2.74. The largest absolute Gasteiger partial charge is 0.547 e. The molecule has 0 saturated heterocycles. The number of hydrogen-bond donors (Lipinski definition) is 0. The first-order valence-corrected chi connectivity index (χ1v) is 9.70. The Balaban J connectivity index is 2.01. The van der Waals surface area contributed by atoms with Gasteiger partial charge >= 0.3 is 0 Å². The lowest BCUT2D eigenvalue weighted by atomic mass is 9.99. The molecule has 1 aliphatic rings. The number of rotatable bonds is 4. The molecule has 0 radical (unpaired) electrons. The molecule has 2 nitrogen and oxygen atoms in total. The molecule has 0 aliphatic carbocycles. The summed E-state index contributed by atoms with van der Waals surface area (Å²) in [4.78, 5) is 0. The highest BCUT2D eigenvalue weighted by atomic mass is 28.4. The van der Waals surface area contributed by atoms with Gasteiger partial charge in [0.25, 0.3) is 0 Å². The zero-order valence-corrected chi connectivity index (χ0v) is 12.2. The number of allylic oxidation sites excluding steroid dienone is 1. The van der Waals surface area contributed by atoms with Crippen molar-refractivity contribution in [2.75, 3.05) is 0 Å². The minimum atomic E-state index is -1.53. The van der Waals surface area contributed by atoms with Crippen molar-refractivity contribution < 1.29 is 9.16 Å². The maximum absolute atomic E-state index is 5.79. The fourth-order valence-electron chi connectivity index (χ4n) is 1.78. The first-order valence-electron chi connectivity index (χ1n) is 6.30. The van der Waals surface area contributed by atoms with Gasteiger partial charge in [-0.15, -0.1) is 0 Å². The van der Waals surface area contributed by atoms with Crippen LogP contribution in [0.4, 0.5) is 0 Å². The summed E-state index contributed by atoms with van der Waals surface area (Å²) >= 11 is 0. The summed E-state index contributed by atoms with van der Waals surface area (Å²) in [6, 6.07) is 10.5. The molecule has 18 heavy (non-hydrogen) atoms. The van der Waals surface area contributed by atoms with E-state index < -0.39 is 8.32 Å². The van der Waals surface area contributed by atoms with Gasteiger partial charge in [0.15, 0.2) is 0 Å². The summed E-state index contributed by atoms with van der Waals surface area (Å²) < 4.78 is 11.3. The van der Waals surface area contributed by atoms with Gasteiger partial charge in [0, 0.05) is 5.92 Å². The molecule has 0 N–H and O–H groups in total. The van der Waals surface area contributed by atoms with Crippen LogP contribution in [-0.4, -0.2) is 8.32 Å². The first-order chi connectivity index (χ1) is 8.54. The molecule has 0 aromatic heterocycles. The molecule has 0 bridgehead atoms. The zero-order chi connectivity index (χ0) is 13.0. The summed E-state index contributed by atoms with van der Waals surface area (Å²) in [7, 11) is -1.53. The van der Waals surface area contributed by atoms with E-state index in [4.69, 9.17) is 9.16 Å². The van der Waals surface area contributed by atoms with E-state index in [1.807, 2.05) is 6.07 Å². The van der Waals surface area contributed by atoms with Gasteiger partial charge < -0.3 is 9.16 Å². The van der Waals surface area contributed by atoms with Gasteiger partial charge in [0.2, 0.25) is 8.32 Å². The van der Waals surface area contributed by atoms with Gasteiger partial charge in [-0.3, -0.25) is 0 Å². The lowest BCUT2D eigenvalue weighted by Crippen LogP contribution is -2.22. The van der Waals surface area contributed by atoms with E-state index in [2.05, 4.69) is 50.0 Å². The van der Waals surface area contributed by atoms with E-state index in [1.54, 1.807) is 12.5 Å². The maximum Gasteiger partial charge on any atom is 0.241 e. The Morgan fingerprint density at radius 3 is 2.61 bits per heavy atom. The molecule has 1 aromatic carbocycles. The lowest BCUT2D eigenvalue weighted by molar-refractivity contribution is 0.313. The van der Waals surface area contributed by atoms with Crippen LogP contribution in [0.5, 0.6) is 0 Å². The molecule has 0 saturated carbocycles. The van der Waals surface area contributed by atoms with Crippen molar-refractivity contribution in [2.45, 2.75) is 26.1 Å². The molecule has 96 valence electrons. The fraction of sp³-hybridized carbons (Fsp3) is 0.333. The predicted octanol–water partition coefficient (Wildman–Crippen LogP) is 4.08. The molecule has 2 rings (SSSR count). The van der Waals surface area contributed by atoms with E-state index in [-0.39, 0.29) is 0 Å². The van der Waals surface area contributed by atoms with Crippen LogP contribution in [0.1, 0.15) is 5.56 Å². The minimum Gasteiger partial charge on any atom is -0.547 e. The Hall–Kier alpha value is -1.48. The number of hydrogen-bond acceptors (Lipinski definition) is 2. The second-order valence-corrected chi connectivity index (χ2v) is 9.95. The van der Waals surface area contributed by atoms with Crippen molar-refractivity contribution in [1.82, 2.24) is 0 Å². The third-order valence-corrected chi connectivity index (χ3v) is 3.53. The van der Waals surface area contributed by atoms with Crippen molar-refractivity contribution in [3.05, 3.63) is 60.3 Å². The van der Waals surface area contributed by atoms with Crippen molar-refractivity contribution >= 4 is 8.32 Å². The highest BCUT2D eigenvalue weighted by Gasteiger charge is 2.21. The molecule has 1 unspecified atom stereocenters. The molecule has 1 aromatic rings. The number of benzene rings is 1. The van der Waals surface area contributed by atoms with Crippen molar-refractivity contribution in [3.63, 3.8) is 0 Å². The molecule has 1 atom stereocenters. The first kappa shape index (κ1) is 13.0. The molecule has 0 fully saturated rings. The highest BCUT2D eigenvalue weighted by Crippen LogP contribution is 2.26. The minimum absolute atomic E-state index is 0.295. The van der Waals surface area contributed by atoms with Gasteiger partial charge in [0.1, 0.15) is 12.0 Å². The van der Waals surface area contributed by atoms with E-state index >= 15 is 0 Å². The monoisotopic (exact) mass is 260 g/mol. The van der Waals surface area contributed by atoms with Crippen LogP contribution in [0, 0.1) is 5.92 Å². The molecule has 0 amide bonds. The van der Waals surface area contributed by atoms with Crippen LogP contribution in [0.15, 0.2) is 54.7 Å². The molecule has 0 spiro atoms. The Labute approximate surface area is 110 Å². The smallest absolute Gasteiger partial charge is 0.241 e. The molecule has 3 heteroatoms. The lowest BCUT2D eigenvalue weighted by Gasteiger charge is -2.17. The van der Waals surface area contributed by atoms with Gasteiger partial charge in [-0.1, -0.05) is 30.3 Å². The van der Waals surface area contributed by atoms with Crippen LogP contribution in [0.25, 0.3) is 0 Å². The second kappa shape index (κ2) is 5.44. The summed E-state index contributed by atoms with van der Waals surface area (Å²) in [6.07, 6.45) is 6.61. The molecule has 1 aliphatic heterocycles. The average molecular weight is 260 g/mol. The predicted molar refractivity (Wildman–Crippen MR) is 76.4 cm³/mol. The van der Waals surface area contributed by atoms with E-state index in [9.17, 15) is 0 Å². The second-order valence-electron chi connectivity index (χ2n) is 5.49. The topological polar surface area (TPSA) is 18.5 Å². The van der Waals surface area contributed by atoms with E-state index in [1.165, 1.54) is 5.56 Å². The van der Waals surface area contributed by atoms with Gasteiger partial charge in [-0.25, -0.2) is 0 Å². The van der Waals surface area contributed by atoms with Crippen LogP contribution < -0.4 is 0 Å². The Kier molecular flexibility index (Phi) is 3.92. The summed E-state index contributed by atoms with van der Waals surface area (Å²) in [5, 5.41) is 0. The third-order valence-electron chi connectivity index (χ3n) is 2.71. The molecule has 1 heterocycles. The SMILES string of the molecule is C[Si](C)(C)OC=C1OC=CC1Cc1ccccc1. The van der Waals surface area contributed by atoms with Crippen molar-refractivity contribution in [1.29, 1.82) is 0 Å². The normalized spacial score (nSPS) is 21.1. The van der Waals surface area contributed by atoms with Gasteiger partial charge in [-0.05, 0) is 37.7 Å². The summed E-state index contributed by atoms with van der Waals surface area (Å²) in [5.74, 6) is 1.21. The fourth-order valence-corrected chi connectivity index (χ4v) is 2.25. The van der Waals surface area contributed by atoms with Crippen molar-refractivity contribution in [3.8, 4) is 0 Å². The highest BCUT2D eigenvalue weighted by molar-refractivity contribution is 6.69. The molecular weight excluding hydrogens is 240 g/mol. The Morgan fingerprint density at radius 1 is 1.22 bits per heavy atom. The van der Waals surface area contributed by atoms with Crippen LogP contribution in [0.2, 0.25) is 19.6 Å². The van der Waals surface area contributed by atoms with Crippen LogP contribution in [0.3, 0.4) is 0 Å². The maximum atomic E-state index is 5.79. The summed E-state index contributed by atoms with van der Waals surface area (Å²) in [6.45, 7) is 6.50. The van der Waals surface area contributed by atoms with Gasteiger partial charge in [-0.2, -0.15) is 0 Å². The third kappa shape index (κ3) is 3.77. The number of ether oxygens (including phenoxy) is 1. The van der Waals surface area contributed by atoms with E-state index in [0.29, 0.717) is 5.92 Å². The zero-order valence-electron chi connectivity index (χ0n) is 11.2. The summed E-state index contributed by atoms with van der Waals surface area (Å²) in [5.41, 5.74) is 1.32. The Morgan fingerprint density at radius 2 is 1.94 bits per heavy atom. The van der Waals surface area contributed by atoms with Gasteiger partial charge in [0.05, 0.1) is 6.26 Å².